The molecule has 0 atom stereocenters. The van der Waals surface area contributed by atoms with Gasteiger partial charge in [0, 0.05) is 0 Å². The zero-order valence-corrected chi connectivity index (χ0v) is 12.9. The van der Waals surface area contributed by atoms with Gasteiger partial charge in [-0.25, -0.2) is 9.59 Å². The number of esters is 2. The maximum atomic E-state index is 11.1. The van der Waals surface area contributed by atoms with Crippen LogP contribution in [0.2, 0.25) is 0 Å². The molecular formula is C17H18O6. The SMILES string of the molecule is CCOC(=O)c1ccccc1O.COC(=O)c1ccccc1O. The largest absolute Gasteiger partial charge is 0.507 e. The molecule has 0 bridgehead atoms. The highest BCUT2D eigenvalue weighted by Gasteiger charge is 2.10. The fourth-order valence-electron chi connectivity index (χ4n) is 1.61. The molecule has 2 rings (SSSR count). The fourth-order valence-corrected chi connectivity index (χ4v) is 1.61. The quantitative estimate of drug-likeness (QED) is 0.845. The third kappa shape index (κ3) is 5.35. The molecule has 0 saturated heterocycles. The normalized spacial score (nSPS) is 9.30. The summed E-state index contributed by atoms with van der Waals surface area (Å²) in [5.41, 5.74) is 0.398. The predicted molar refractivity (Wildman–Crippen MR) is 83.5 cm³/mol. The smallest absolute Gasteiger partial charge is 0.341 e. The molecule has 0 aliphatic rings. The molecule has 0 saturated carbocycles. The van der Waals surface area contributed by atoms with Crippen molar-refractivity contribution in [3.63, 3.8) is 0 Å². The van der Waals surface area contributed by atoms with Crippen molar-refractivity contribution in [2.75, 3.05) is 13.7 Å². The van der Waals surface area contributed by atoms with E-state index >= 15 is 0 Å². The first-order chi connectivity index (χ1) is 11.0. The predicted octanol–water partition coefficient (Wildman–Crippen LogP) is 2.75. The van der Waals surface area contributed by atoms with E-state index < -0.39 is 11.9 Å². The maximum absolute atomic E-state index is 11.1. The molecule has 0 amide bonds. The molecule has 6 heteroatoms. The van der Waals surface area contributed by atoms with Crippen LogP contribution in [-0.2, 0) is 9.47 Å². The summed E-state index contributed by atoms with van der Waals surface area (Å²) in [5, 5.41) is 18.3. The number of hydrogen-bond acceptors (Lipinski definition) is 6. The molecule has 0 aliphatic heterocycles. The van der Waals surface area contributed by atoms with Crippen LogP contribution in [0.15, 0.2) is 48.5 Å². The van der Waals surface area contributed by atoms with Crippen molar-refractivity contribution in [3.8, 4) is 11.5 Å². The number of hydrogen-bond donors (Lipinski definition) is 2. The fraction of sp³-hybridized carbons (Fsp3) is 0.176. The molecule has 2 aromatic rings. The lowest BCUT2D eigenvalue weighted by Gasteiger charge is -2.02. The Labute approximate surface area is 133 Å². The number of phenolic OH excluding ortho intramolecular Hbond substituents is 2. The van der Waals surface area contributed by atoms with Gasteiger partial charge in [0.2, 0.25) is 0 Å². The van der Waals surface area contributed by atoms with Crippen molar-refractivity contribution in [1.29, 1.82) is 0 Å². The molecule has 2 aromatic carbocycles. The summed E-state index contributed by atoms with van der Waals surface area (Å²) in [7, 11) is 1.27. The Morgan fingerprint density at radius 1 is 0.870 bits per heavy atom. The van der Waals surface area contributed by atoms with Crippen LogP contribution in [0.5, 0.6) is 11.5 Å². The second-order valence-electron chi connectivity index (χ2n) is 4.25. The average molecular weight is 318 g/mol. The lowest BCUT2D eigenvalue weighted by Crippen LogP contribution is -2.04. The van der Waals surface area contributed by atoms with Crippen LogP contribution >= 0.6 is 0 Å². The van der Waals surface area contributed by atoms with Gasteiger partial charge in [0.05, 0.1) is 13.7 Å². The van der Waals surface area contributed by atoms with Gasteiger partial charge < -0.3 is 19.7 Å². The summed E-state index contributed by atoms with van der Waals surface area (Å²) in [4.78, 5) is 21.9. The van der Waals surface area contributed by atoms with E-state index in [1.54, 1.807) is 31.2 Å². The molecule has 23 heavy (non-hydrogen) atoms. The lowest BCUT2D eigenvalue weighted by molar-refractivity contribution is 0.0522. The van der Waals surface area contributed by atoms with Gasteiger partial charge in [-0.2, -0.15) is 0 Å². The standard InChI is InChI=1S/C9H10O3.C8H8O3/c1-2-12-9(11)7-5-3-4-6-8(7)10;1-11-8(10)6-4-2-3-5-7(6)9/h3-6,10H,2H2,1H3;2-5,9H,1H3. The number of aromatic hydroxyl groups is 2. The summed E-state index contributed by atoms with van der Waals surface area (Å²) < 4.78 is 9.13. The minimum Gasteiger partial charge on any atom is -0.507 e. The Balaban J connectivity index is 0.000000231. The summed E-state index contributed by atoms with van der Waals surface area (Å²) in [6, 6.07) is 12.5. The molecule has 0 unspecified atom stereocenters. The first-order valence-electron chi connectivity index (χ1n) is 6.82. The summed E-state index contributed by atoms with van der Waals surface area (Å²) >= 11 is 0. The molecule has 0 spiro atoms. The monoisotopic (exact) mass is 318 g/mol. The van der Waals surface area contributed by atoms with Gasteiger partial charge in [-0.05, 0) is 31.2 Å². The summed E-state index contributed by atoms with van der Waals surface area (Å²) in [6.45, 7) is 2.03. The minimum absolute atomic E-state index is 0.0454. The number of rotatable bonds is 3. The number of para-hydroxylation sites is 2. The van der Waals surface area contributed by atoms with E-state index in [0.717, 1.165) is 0 Å². The van der Waals surface area contributed by atoms with Crippen molar-refractivity contribution >= 4 is 11.9 Å². The third-order valence-electron chi connectivity index (χ3n) is 2.71. The number of methoxy groups -OCH3 is 1. The number of benzene rings is 2. The molecule has 0 heterocycles. The molecule has 6 nitrogen and oxygen atoms in total. The van der Waals surface area contributed by atoms with Crippen LogP contribution in [0.3, 0.4) is 0 Å². The molecule has 0 radical (unpaired) electrons. The Morgan fingerprint density at radius 2 is 1.30 bits per heavy atom. The van der Waals surface area contributed by atoms with Crippen LogP contribution in [0, 0.1) is 0 Å². The van der Waals surface area contributed by atoms with E-state index in [-0.39, 0.29) is 22.6 Å². The van der Waals surface area contributed by atoms with Gasteiger partial charge in [0.1, 0.15) is 22.6 Å². The minimum atomic E-state index is -0.525. The van der Waals surface area contributed by atoms with Gasteiger partial charge in [0.25, 0.3) is 0 Å². The Hall–Kier alpha value is -3.02. The second-order valence-corrected chi connectivity index (χ2v) is 4.25. The van der Waals surface area contributed by atoms with E-state index in [1.807, 2.05) is 0 Å². The van der Waals surface area contributed by atoms with Crippen molar-refractivity contribution in [1.82, 2.24) is 0 Å². The van der Waals surface area contributed by atoms with Crippen molar-refractivity contribution in [3.05, 3.63) is 59.7 Å². The van der Waals surface area contributed by atoms with Crippen LogP contribution in [0.1, 0.15) is 27.6 Å². The third-order valence-corrected chi connectivity index (χ3v) is 2.71. The average Bonchev–Trinajstić information content (AvgIpc) is 2.56. The van der Waals surface area contributed by atoms with Gasteiger partial charge in [-0.3, -0.25) is 0 Å². The number of carbonyl (C=O) groups excluding carboxylic acids is 2. The van der Waals surface area contributed by atoms with Crippen molar-refractivity contribution in [2.45, 2.75) is 6.92 Å². The highest BCUT2D eigenvalue weighted by Crippen LogP contribution is 2.16. The Kier molecular flexibility index (Phi) is 7.13. The zero-order chi connectivity index (χ0) is 17.2. The topological polar surface area (TPSA) is 93.1 Å². The van der Waals surface area contributed by atoms with Crippen molar-refractivity contribution in [2.24, 2.45) is 0 Å². The van der Waals surface area contributed by atoms with Gasteiger partial charge >= 0.3 is 11.9 Å². The lowest BCUT2D eigenvalue weighted by atomic mass is 10.2. The van der Waals surface area contributed by atoms with Crippen molar-refractivity contribution < 1.29 is 29.3 Å². The zero-order valence-electron chi connectivity index (χ0n) is 12.9. The van der Waals surface area contributed by atoms with E-state index in [4.69, 9.17) is 9.84 Å². The van der Waals surface area contributed by atoms with Crippen LogP contribution < -0.4 is 0 Å². The van der Waals surface area contributed by atoms with Gasteiger partial charge in [0.15, 0.2) is 0 Å². The molecule has 0 aromatic heterocycles. The molecule has 122 valence electrons. The Morgan fingerprint density at radius 3 is 1.70 bits per heavy atom. The van der Waals surface area contributed by atoms with E-state index in [9.17, 15) is 14.7 Å². The molecule has 2 N–H and O–H groups in total. The number of carbonyl (C=O) groups is 2. The van der Waals surface area contributed by atoms with Gasteiger partial charge in [-0.1, -0.05) is 24.3 Å². The first kappa shape index (κ1) is 18.0. The molecule has 0 fully saturated rings. The van der Waals surface area contributed by atoms with E-state index in [2.05, 4.69) is 4.74 Å². The summed E-state index contributed by atoms with van der Waals surface area (Å²) in [5.74, 6) is -1.12. The van der Waals surface area contributed by atoms with Crippen LogP contribution in [-0.4, -0.2) is 35.9 Å². The highest BCUT2D eigenvalue weighted by atomic mass is 16.5. The maximum Gasteiger partial charge on any atom is 0.341 e. The first-order valence-corrected chi connectivity index (χ1v) is 6.82. The van der Waals surface area contributed by atoms with Crippen LogP contribution in [0.4, 0.5) is 0 Å². The second kappa shape index (κ2) is 9.09. The van der Waals surface area contributed by atoms with E-state index in [0.29, 0.717) is 6.61 Å². The van der Waals surface area contributed by atoms with Gasteiger partial charge in [-0.15, -0.1) is 0 Å². The number of ether oxygens (including phenoxy) is 2. The molecular weight excluding hydrogens is 300 g/mol. The highest BCUT2D eigenvalue weighted by molar-refractivity contribution is 5.92. The van der Waals surface area contributed by atoms with Crippen LogP contribution in [0.25, 0.3) is 0 Å². The van der Waals surface area contributed by atoms with E-state index in [1.165, 1.54) is 31.4 Å². The number of phenols is 2. The summed E-state index contributed by atoms with van der Waals surface area (Å²) in [6.07, 6.45) is 0. The Bertz CT molecular complexity index is 666. The molecule has 0 aliphatic carbocycles.